The maximum Gasteiger partial charge on any atom is 0.354 e. The van der Waals surface area contributed by atoms with E-state index in [0.29, 0.717) is 22.0 Å². The molecule has 0 bridgehead atoms. The molecule has 21 heavy (non-hydrogen) atoms. The summed E-state index contributed by atoms with van der Waals surface area (Å²) in [7, 11) is 0. The zero-order valence-corrected chi connectivity index (χ0v) is 11.5. The summed E-state index contributed by atoms with van der Waals surface area (Å²) in [6, 6.07) is 15.5. The predicted octanol–water partition coefficient (Wildman–Crippen LogP) is 4.38. The summed E-state index contributed by atoms with van der Waals surface area (Å²) in [6.07, 6.45) is 0. The lowest BCUT2D eigenvalue weighted by Crippen LogP contribution is -2.01. The molecule has 0 fully saturated rings. The molecule has 4 nitrogen and oxygen atoms in total. The number of hydrogen-bond acceptors (Lipinski definition) is 3. The molecular formula is C16H10ClNO3. The van der Waals surface area contributed by atoms with Crippen LogP contribution >= 0.6 is 11.6 Å². The largest absolute Gasteiger partial charge is 0.477 e. The molecule has 2 aromatic carbocycles. The Morgan fingerprint density at radius 2 is 1.90 bits per heavy atom. The summed E-state index contributed by atoms with van der Waals surface area (Å²) in [4.78, 5) is 15.3. The summed E-state index contributed by atoms with van der Waals surface area (Å²) < 4.78 is 5.78. The number of carboxylic acid groups (broad SMARTS) is 1. The topological polar surface area (TPSA) is 59.4 Å². The van der Waals surface area contributed by atoms with Crippen molar-refractivity contribution in [3.05, 3.63) is 65.3 Å². The van der Waals surface area contributed by atoms with Crippen LogP contribution in [0.25, 0.3) is 10.9 Å². The highest BCUT2D eigenvalue weighted by Crippen LogP contribution is 2.30. The zero-order chi connectivity index (χ0) is 14.8. The van der Waals surface area contributed by atoms with Crippen molar-refractivity contribution in [2.24, 2.45) is 0 Å². The lowest BCUT2D eigenvalue weighted by atomic mass is 10.2. The normalized spacial score (nSPS) is 10.5. The minimum atomic E-state index is -1.10. The van der Waals surface area contributed by atoms with Crippen molar-refractivity contribution in [1.82, 2.24) is 4.98 Å². The van der Waals surface area contributed by atoms with Gasteiger partial charge < -0.3 is 9.84 Å². The van der Waals surface area contributed by atoms with E-state index in [9.17, 15) is 4.79 Å². The number of carboxylic acids is 1. The van der Waals surface area contributed by atoms with Gasteiger partial charge in [0, 0.05) is 16.5 Å². The molecule has 3 rings (SSSR count). The van der Waals surface area contributed by atoms with Gasteiger partial charge in [0.1, 0.15) is 11.5 Å². The smallest absolute Gasteiger partial charge is 0.354 e. The Labute approximate surface area is 125 Å². The van der Waals surface area contributed by atoms with Crippen LogP contribution in [0.5, 0.6) is 11.5 Å². The number of rotatable bonds is 3. The first kappa shape index (κ1) is 13.4. The average molecular weight is 300 g/mol. The van der Waals surface area contributed by atoms with Crippen LogP contribution in [0.4, 0.5) is 0 Å². The fourth-order valence-electron chi connectivity index (χ4n) is 1.99. The molecule has 0 saturated heterocycles. The van der Waals surface area contributed by atoms with Crippen molar-refractivity contribution in [2.45, 2.75) is 0 Å². The lowest BCUT2D eigenvalue weighted by Gasteiger charge is -2.10. The first-order valence-corrected chi connectivity index (χ1v) is 6.58. The predicted molar refractivity (Wildman–Crippen MR) is 80.2 cm³/mol. The molecule has 0 aliphatic heterocycles. The molecule has 3 aromatic rings. The van der Waals surface area contributed by atoms with E-state index in [1.807, 2.05) is 12.1 Å². The van der Waals surface area contributed by atoms with Crippen molar-refractivity contribution >= 4 is 28.5 Å². The Bertz CT molecular complexity index is 833. The van der Waals surface area contributed by atoms with Gasteiger partial charge in [-0.2, -0.15) is 0 Å². The van der Waals surface area contributed by atoms with E-state index >= 15 is 0 Å². The molecule has 1 N–H and O–H groups in total. The van der Waals surface area contributed by atoms with Crippen molar-refractivity contribution < 1.29 is 14.6 Å². The van der Waals surface area contributed by atoms with E-state index in [1.165, 1.54) is 6.07 Å². The summed E-state index contributed by atoms with van der Waals surface area (Å²) in [5.74, 6) is -0.132. The number of ether oxygens (including phenoxy) is 1. The van der Waals surface area contributed by atoms with Crippen LogP contribution in [0.2, 0.25) is 5.02 Å². The molecule has 0 amide bonds. The second-order valence-corrected chi connectivity index (χ2v) is 4.82. The molecule has 0 aliphatic rings. The molecule has 1 aromatic heterocycles. The van der Waals surface area contributed by atoms with Gasteiger partial charge in [-0.05, 0) is 30.3 Å². The fraction of sp³-hybridized carbons (Fsp3) is 0. The molecular weight excluding hydrogens is 290 g/mol. The number of benzene rings is 2. The van der Waals surface area contributed by atoms with Crippen molar-refractivity contribution in [2.75, 3.05) is 0 Å². The van der Waals surface area contributed by atoms with Gasteiger partial charge in [-0.15, -0.1) is 0 Å². The monoisotopic (exact) mass is 299 g/mol. The number of aromatic nitrogens is 1. The van der Waals surface area contributed by atoms with Crippen LogP contribution in [0.3, 0.4) is 0 Å². The number of aromatic carboxylic acids is 1. The Hall–Kier alpha value is -2.59. The van der Waals surface area contributed by atoms with Crippen molar-refractivity contribution in [1.29, 1.82) is 0 Å². The number of nitrogens with zero attached hydrogens (tertiary/aromatic N) is 1. The third-order valence-corrected chi connectivity index (χ3v) is 3.16. The van der Waals surface area contributed by atoms with Gasteiger partial charge in [-0.3, -0.25) is 0 Å². The number of halogens is 1. The molecule has 0 saturated carbocycles. The highest BCUT2D eigenvalue weighted by Gasteiger charge is 2.12. The van der Waals surface area contributed by atoms with Gasteiger partial charge in [0.05, 0.1) is 5.52 Å². The van der Waals surface area contributed by atoms with Crippen LogP contribution in [-0.4, -0.2) is 16.1 Å². The summed E-state index contributed by atoms with van der Waals surface area (Å²) >= 11 is 5.92. The minimum absolute atomic E-state index is 0.0641. The first-order chi connectivity index (χ1) is 10.1. The lowest BCUT2D eigenvalue weighted by molar-refractivity contribution is 0.0690. The van der Waals surface area contributed by atoms with Gasteiger partial charge in [0.15, 0.2) is 5.69 Å². The molecule has 1 heterocycles. The van der Waals surface area contributed by atoms with E-state index in [1.54, 1.807) is 36.4 Å². The number of pyridine rings is 1. The molecule has 5 heteroatoms. The van der Waals surface area contributed by atoms with Gasteiger partial charge in [-0.25, -0.2) is 9.78 Å². The summed E-state index contributed by atoms with van der Waals surface area (Å²) in [5.41, 5.74) is 0.500. The van der Waals surface area contributed by atoms with Gasteiger partial charge in [0.2, 0.25) is 0 Å². The number of para-hydroxylation sites is 1. The van der Waals surface area contributed by atoms with Crippen LogP contribution in [0, 0.1) is 0 Å². The van der Waals surface area contributed by atoms with Gasteiger partial charge >= 0.3 is 5.97 Å². The van der Waals surface area contributed by atoms with Crippen molar-refractivity contribution in [3.63, 3.8) is 0 Å². The highest BCUT2D eigenvalue weighted by atomic mass is 35.5. The quantitative estimate of drug-likeness (QED) is 0.779. The Kier molecular flexibility index (Phi) is 3.46. The van der Waals surface area contributed by atoms with Gasteiger partial charge in [-0.1, -0.05) is 29.8 Å². The molecule has 0 spiro atoms. The minimum Gasteiger partial charge on any atom is -0.477 e. The van der Waals surface area contributed by atoms with Crippen LogP contribution < -0.4 is 4.74 Å². The molecule has 0 unspecified atom stereocenters. The third-order valence-electron chi connectivity index (χ3n) is 2.92. The number of fused-ring (bicyclic) bond motifs is 1. The van der Waals surface area contributed by atoms with Gasteiger partial charge in [0.25, 0.3) is 0 Å². The fourth-order valence-corrected chi connectivity index (χ4v) is 2.18. The second-order valence-electron chi connectivity index (χ2n) is 4.39. The number of carbonyl (C=O) groups is 1. The molecule has 0 radical (unpaired) electrons. The second kappa shape index (κ2) is 5.42. The Morgan fingerprint density at radius 3 is 2.67 bits per heavy atom. The summed E-state index contributed by atoms with van der Waals surface area (Å²) in [6.45, 7) is 0. The van der Waals surface area contributed by atoms with E-state index in [0.717, 1.165) is 5.39 Å². The molecule has 104 valence electrons. The van der Waals surface area contributed by atoms with Crippen molar-refractivity contribution in [3.8, 4) is 11.5 Å². The SMILES string of the molecule is O=C(O)c1cc(Oc2cccc(Cl)c2)c2ccccc2n1. The molecule has 0 atom stereocenters. The van der Waals surface area contributed by atoms with Crippen LogP contribution in [-0.2, 0) is 0 Å². The Balaban J connectivity index is 2.13. The first-order valence-electron chi connectivity index (χ1n) is 6.20. The van der Waals surface area contributed by atoms with Crippen LogP contribution in [0.15, 0.2) is 54.6 Å². The maximum absolute atomic E-state index is 11.2. The number of hydrogen-bond donors (Lipinski definition) is 1. The average Bonchev–Trinajstić information content (AvgIpc) is 2.47. The maximum atomic E-state index is 11.2. The standard InChI is InChI=1S/C16H10ClNO3/c17-10-4-3-5-11(8-10)21-15-9-14(16(19)20)18-13-7-2-1-6-12(13)15/h1-9H,(H,19,20). The van der Waals surface area contributed by atoms with E-state index in [2.05, 4.69) is 4.98 Å². The van der Waals surface area contributed by atoms with E-state index in [4.69, 9.17) is 21.4 Å². The molecule has 0 aliphatic carbocycles. The summed E-state index contributed by atoms with van der Waals surface area (Å²) in [5, 5.41) is 10.4. The Morgan fingerprint density at radius 1 is 1.10 bits per heavy atom. The zero-order valence-electron chi connectivity index (χ0n) is 10.8. The van der Waals surface area contributed by atoms with E-state index < -0.39 is 5.97 Å². The highest BCUT2D eigenvalue weighted by molar-refractivity contribution is 6.30. The third kappa shape index (κ3) is 2.80. The van der Waals surface area contributed by atoms with E-state index in [-0.39, 0.29) is 5.69 Å². The van der Waals surface area contributed by atoms with Crippen LogP contribution in [0.1, 0.15) is 10.5 Å².